The maximum atomic E-state index is 12.6. The van der Waals surface area contributed by atoms with Gasteiger partial charge in [-0.25, -0.2) is 4.98 Å². The molecule has 0 bridgehead atoms. The minimum absolute atomic E-state index is 0.0765. The highest BCUT2D eigenvalue weighted by Crippen LogP contribution is 2.46. The highest BCUT2D eigenvalue weighted by Gasteiger charge is 2.30. The van der Waals surface area contributed by atoms with Gasteiger partial charge in [-0.1, -0.05) is 178 Å². The summed E-state index contributed by atoms with van der Waals surface area (Å²) in [7, 11) is 0. The first-order valence-corrected chi connectivity index (χ1v) is 22.4. The molecule has 0 saturated carbocycles. The summed E-state index contributed by atoms with van der Waals surface area (Å²) in [5, 5.41) is 12.6. The molecule has 7 aromatic carbocycles. The number of aromatic nitrogens is 3. The van der Waals surface area contributed by atoms with E-state index in [1.165, 1.54) is 5.56 Å². The summed E-state index contributed by atoms with van der Waals surface area (Å²) in [6.07, 6.45) is 1.90. The van der Waals surface area contributed by atoms with Crippen LogP contribution in [0.3, 0.4) is 0 Å². The average molecular weight is 836 g/mol. The zero-order valence-corrected chi connectivity index (χ0v) is 38.5. The van der Waals surface area contributed by atoms with E-state index in [0.717, 1.165) is 83.6 Å². The Morgan fingerprint density at radius 3 is 1.62 bits per heavy atom. The number of fused-ring (bicyclic) bond motifs is 1. The van der Waals surface area contributed by atoms with Crippen molar-refractivity contribution in [3.8, 4) is 78.6 Å². The minimum atomic E-state index is -0.328. The molecule has 0 unspecified atom stereocenters. The molecule has 318 valence electrons. The van der Waals surface area contributed by atoms with Crippen LogP contribution < -0.4 is 0 Å². The first-order valence-electron chi connectivity index (χ1n) is 22.4. The predicted molar refractivity (Wildman–Crippen MR) is 269 cm³/mol. The number of nitrogens with zero attached hydrogens (tertiary/aromatic N) is 3. The van der Waals surface area contributed by atoms with Crippen molar-refractivity contribution in [2.75, 3.05) is 0 Å². The van der Waals surface area contributed by atoms with Crippen molar-refractivity contribution in [3.63, 3.8) is 0 Å². The first kappa shape index (κ1) is 42.3. The molecule has 0 aliphatic heterocycles. The van der Waals surface area contributed by atoms with Crippen LogP contribution in [0.2, 0.25) is 0 Å². The number of pyridine rings is 1. The largest absolute Gasteiger partial charge is 0.507 e. The molecule has 0 fully saturated rings. The quantitative estimate of drug-likeness (QED) is 0.174. The Morgan fingerprint density at radius 2 is 1.00 bits per heavy atom. The molecule has 9 rings (SSSR count). The molecule has 0 spiro atoms. The molecular formula is C60H57N3O. The Bertz CT molecular complexity index is 3140. The molecule has 0 radical (unpaired) electrons. The summed E-state index contributed by atoms with van der Waals surface area (Å²) in [6, 6.07) is 60.3. The van der Waals surface area contributed by atoms with Crippen LogP contribution in [0.5, 0.6) is 5.75 Å². The highest BCUT2D eigenvalue weighted by molar-refractivity contribution is 5.98. The zero-order valence-electron chi connectivity index (χ0n) is 38.5. The van der Waals surface area contributed by atoms with E-state index < -0.39 is 0 Å². The van der Waals surface area contributed by atoms with Crippen LogP contribution in [0.1, 0.15) is 79.0 Å². The maximum Gasteiger partial charge on any atom is 0.149 e. The molecule has 0 amide bonds. The average Bonchev–Trinajstić information content (AvgIpc) is 3.68. The van der Waals surface area contributed by atoms with Crippen LogP contribution in [0.4, 0.5) is 0 Å². The lowest BCUT2D eigenvalue weighted by Crippen LogP contribution is -2.17. The van der Waals surface area contributed by atoms with Gasteiger partial charge in [-0.3, -0.25) is 9.55 Å². The third-order valence-corrected chi connectivity index (χ3v) is 12.4. The van der Waals surface area contributed by atoms with Gasteiger partial charge in [0.1, 0.15) is 11.6 Å². The molecule has 0 aliphatic rings. The lowest BCUT2D eigenvalue weighted by molar-refractivity contribution is 0.446. The van der Waals surface area contributed by atoms with Gasteiger partial charge in [-0.2, -0.15) is 0 Å². The molecule has 4 nitrogen and oxygen atoms in total. The number of phenols is 1. The van der Waals surface area contributed by atoms with Gasteiger partial charge in [0.15, 0.2) is 0 Å². The Labute approximate surface area is 379 Å². The van der Waals surface area contributed by atoms with E-state index >= 15 is 0 Å². The van der Waals surface area contributed by atoms with E-state index in [1.54, 1.807) is 0 Å². The van der Waals surface area contributed by atoms with Gasteiger partial charge in [0.2, 0.25) is 0 Å². The number of benzene rings is 7. The summed E-state index contributed by atoms with van der Waals surface area (Å²) in [4.78, 5) is 10.6. The van der Waals surface area contributed by atoms with Crippen molar-refractivity contribution in [3.05, 3.63) is 193 Å². The van der Waals surface area contributed by atoms with E-state index in [0.29, 0.717) is 11.4 Å². The fourth-order valence-electron chi connectivity index (χ4n) is 8.74. The maximum absolute atomic E-state index is 12.6. The second kappa shape index (κ2) is 16.3. The number of rotatable bonds is 7. The lowest BCUT2D eigenvalue weighted by atomic mass is 9.79. The normalized spacial score (nSPS) is 12.2. The zero-order chi connectivity index (χ0) is 45.0. The molecule has 0 atom stereocenters. The number of hydrogen-bond acceptors (Lipinski definition) is 3. The topological polar surface area (TPSA) is 50.9 Å². The SMILES string of the molecule is CC(C)(C)c1ccc(-n2c(-c3cc(C(C)(C)C)cc(C(C)(C)C)c3O)nc3c(-c4cc(-c5ccccc5)cc(-c5cc(-c6ccccc6)ccn5)c4)cccc32)c(-c2ccccc2)c1. The number of para-hydroxylation sites is 1. The first-order chi connectivity index (χ1) is 30.5. The third-order valence-electron chi connectivity index (χ3n) is 12.4. The standard InChI is InChI=1S/C60H57N3O/c1-58(2,3)46-28-29-53(49(36-46)41-24-17-12-18-25-41)63-54-27-19-26-48(55(54)62-57(63)50-37-47(59(4,5)6)38-51(56(50)64)60(7,8)9)44-32-43(40-22-15-11-16-23-40)33-45(34-44)52-35-42(30-31-61-52)39-20-13-10-14-21-39/h10-38,64H,1-9H3. The summed E-state index contributed by atoms with van der Waals surface area (Å²) in [5.41, 5.74) is 16.8. The van der Waals surface area contributed by atoms with Crippen LogP contribution >= 0.6 is 0 Å². The number of phenolic OH excluding ortho intramolecular Hbond substituents is 1. The van der Waals surface area contributed by atoms with Crippen molar-refractivity contribution in [2.45, 2.75) is 78.6 Å². The van der Waals surface area contributed by atoms with Gasteiger partial charge in [0.25, 0.3) is 0 Å². The Kier molecular flexibility index (Phi) is 10.7. The summed E-state index contributed by atoms with van der Waals surface area (Å²) < 4.78 is 2.29. The Hall–Kier alpha value is -7.04. The van der Waals surface area contributed by atoms with Gasteiger partial charge < -0.3 is 5.11 Å². The van der Waals surface area contributed by atoms with E-state index in [9.17, 15) is 5.11 Å². The van der Waals surface area contributed by atoms with Gasteiger partial charge in [0, 0.05) is 28.5 Å². The molecule has 2 heterocycles. The molecule has 9 aromatic rings. The van der Waals surface area contributed by atoms with Crippen LogP contribution in [-0.2, 0) is 16.2 Å². The Morgan fingerprint density at radius 1 is 0.422 bits per heavy atom. The molecule has 0 saturated heterocycles. The summed E-state index contributed by atoms with van der Waals surface area (Å²) in [6.45, 7) is 20.0. The van der Waals surface area contributed by atoms with Crippen LogP contribution in [-0.4, -0.2) is 19.6 Å². The highest BCUT2D eigenvalue weighted by atomic mass is 16.3. The summed E-state index contributed by atoms with van der Waals surface area (Å²) in [5.74, 6) is 0.942. The van der Waals surface area contributed by atoms with Gasteiger partial charge in [-0.05, 0) is 115 Å². The smallest absolute Gasteiger partial charge is 0.149 e. The van der Waals surface area contributed by atoms with E-state index in [-0.39, 0.29) is 22.0 Å². The Balaban J connectivity index is 1.37. The number of imidazole rings is 1. The van der Waals surface area contributed by atoms with Gasteiger partial charge >= 0.3 is 0 Å². The van der Waals surface area contributed by atoms with Crippen molar-refractivity contribution in [2.24, 2.45) is 0 Å². The molecule has 0 aliphatic carbocycles. The molecule has 64 heavy (non-hydrogen) atoms. The van der Waals surface area contributed by atoms with Crippen molar-refractivity contribution in [1.82, 2.24) is 14.5 Å². The second-order valence-corrected chi connectivity index (χ2v) is 20.2. The minimum Gasteiger partial charge on any atom is -0.507 e. The fourth-order valence-corrected chi connectivity index (χ4v) is 8.74. The van der Waals surface area contributed by atoms with Gasteiger partial charge in [-0.15, -0.1) is 0 Å². The van der Waals surface area contributed by atoms with Crippen molar-refractivity contribution < 1.29 is 5.11 Å². The van der Waals surface area contributed by atoms with E-state index in [1.807, 2.05) is 12.3 Å². The number of aromatic hydroxyl groups is 1. The van der Waals surface area contributed by atoms with Gasteiger partial charge in [0.05, 0.1) is 28.0 Å². The molecule has 1 N–H and O–H groups in total. The molecule has 2 aromatic heterocycles. The molecule has 4 heteroatoms. The summed E-state index contributed by atoms with van der Waals surface area (Å²) >= 11 is 0. The predicted octanol–water partition coefficient (Wildman–Crippen LogP) is 16.0. The van der Waals surface area contributed by atoms with Crippen LogP contribution in [0, 0.1) is 0 Å². The third kappa shape index (κ3) is 8.17. The monoisotopic (exact) mass is 835 g/mol. The van der Waals surface area contributed by atoms with E-state index in [4.69, 9.17) is 9.97 Å². The van der Waals surface area contributed by atoms with Crippen molar-refractivity contribution in [1.29, 1.82) is 0 Å². The van der Waals surface area contributed by atoms with Crippen LogP contribution in [0.25, 0.3) is 83.9 Å². The van der Waals surface area contributed by atoms with E-state index in [2.05, 4.69) is 231 Å². The molecular weight excluding hydrogens is 779 g/mol. The second-order valence-electron chi connectivity index (χ2n) is 20.2. The van der Waals surface area contributed by atoms with Crippen LogP contribution in [0.15, 0.2) is 176 Å². The van der Waals surface area contributed by atoms with Crippen molar-refractivity contribution >= 4 is 11.0 Å². The fraction of sp³-hybridized carbons (Fsp3) is 0.200. The number of hydrogen-bond donors (Lipinski definition) is 1. The lowest BCUT2D eigenvalue weighted by Gasteiger charge is -2.28.